The van der Waals surface area contributed by atoms with E-state index in [9.17, 15) is 9.59 Å². The van der Waals surface area contributed by atoms with Gasteiger partial charge in [-0.2, -0.15) is 0 Å². The van der Waals surface area contributed by atoms with Crippen molar-refractivity contribution in [2.45, 2.75) is 24.9 Å². The molecule has 1 aliphatic carbocycles. The molecule has 1 aliphatic heterocycles. The summed E-state index contributed by atoms with van der Waals surface area (Å²) in [5.74, 6) is 0.191. The number of benzene rings is 1. The van der Waals surface area contributed by atoms with Crippen molar-refractivity contribution in [2.24, 2.45) is 0 Å². The Morgan fingerprint density at radius 1 is 1.32 bits per heavy atom. The maximum atomic E-state index is 12.4. The van der Waals surface area contributed by atoms with E-state index in [0.29, 0.717) is 19.1 Å². The van der Waals surface area contributed by atoms with Crippen LogP contribution < -0.4 is 5.32 Å². The molecule has 0 unspecified atom stereocenters. The average molecular weight is 300 g/mol. The number of carbonyl (C=O) groups is 2. The van der Waals surface area contributed by atoms with E-state index in [2.05, 4.69) is 18.0 Å². The first kappa shape index (κ1) is 14.8. The van der Waals surface area contributed by atoms with Crippen LogP contribution in [0.2, 0.25) is 0 Å². The third-order valence-electron chi connectivity index (χ3n) is 4.08. The third kappa shape index (κ3) is 3.20. The Bertz CT molecular complexity index is 595. The maximum Gasteiger partial charge on any atom is 0.255 e. The van der Waals surface area contributed by atoms with Crippen molar-refractivity contribution in [1.29, 1.82) is 0 Å². The highest BCUT2D eigenvalue weighted by atomic mass is 16.5. The van der Waals surface area contributed by atoms with E-state index < -0.39 is 6.10 Å². The van der Waals surface area contributed by atoms with Crippen LogP contribution in [0.1, 0.15) is 24.3 Å². The molecular formula is C17H20N2O3. The number of carbonyl (C=O) groups excluding carboxylic acids is 2. The predicted octanol–water partition coefficient (Wildman–Crippen LogP) is 1.92. The van der Waals surface area contributed by atoms with Crippen LogP contribution in [0.25, 0.3) is 0 Å². The molecule has 5 nitrogen and oxygen atoms in total. The Hall–Kier alpha value is -2.14. The van der Waals surface area contributed by atoms with Gasteiger partial charge in [0.2, 0.25) is 5.91 Å². The fraction of sp³-hybridized carbons (Fsp3) is 0.412. The summed E-state index contributed by atoms with van der Waals surface area (Å²) in [4.78, 5) is 25.7. The fourth-order valence-corrected chi connectivity index (χ4v) is 2.71. The fourth-order valence-electron chi connectivity index (χ4n) is 2.71. The maximum absolute atomic E-state index is 12.4. The van der Waals surface area contributed by atoms with Gasteiger partial charge >= 0.3 is 0 Å². The molecule has 1 aromatic carbocycles. The van der Waals surface area contributed by atoms with Crippen LogP contribution in [0.3, 0.4) is 0 Å². The lowest BCUT2D eigenvalue weighted by atomic mass is 10.1. The molecule has 0 radical (unpaired) electrons. The smallest absolute Gasteiger partial charge is 0.255 e. The minimum Gasteiger partial charge on any atom is -0.365 e. The summed E-state index contributed by atoms with van der Waals surface area (Å²) in [6, 6.07) is 7.88. The first-order valence-electron chi connectivity index (χ1n) is 7.62. The number of anilines is 1. The highest BCUT2D eigenvalue weighted by Gasteiger charge is 2.30. The van der Waals surface area contributed by atoms with E-state index in [-0.39, 0.29) is 18.4 Å². The van der Waals surface area contributed by atoms with Gasteiger partial charge in [-0.1, -0.05) is 24.8 Å². The van der Waals surface area contributed by atoms with Crippen LogP contribution >= 0.6 is 0 Å². The molecular weight excluding hydrogens is 280 g/mol. The van der Waals surface area contributed by atoms with Crippen molar-refractivity contribution < 1.29 is 14.3 Å². The topological polar surface area (TPSA) is 58.6 Å². The van der Waals surface area contributed by atoms with Crippen LogP contribution in [0.15, 0.2) is 36.9 Å². The first-order chi connectivity index (χ1) is 10.7. The van der Waals surface area contributed by atoms with Crippen LogP contribution in [0.4, 0.5) is 5.69 Å². The summed E-state index contributed by atoms with van der Waals surface area (Å²) in [6.45, 7) is 4.60. The van der Waals surface area contributed by atoms with Crippen molar-refractivity contribution in [2.75, 3.05) is 25.0 Å². The molecule has 2 fully saturated rings. The van der Waals surface area contributed by atoms with E-state index in [0.717, 1.165) is 5.69 Å². The highest BCUT2D eigenvalue weighted by Crippen LogP contribution is 2.43. The van der Waals surface area contributed by atoms with Crippen LogP contribution in [-0.4, -0.2) is 42.5 Å². The van der Waals surface area contributed by atoms with Crippen molar-refractivity contribution >= 4 is 17.5 Å². The molecule has 1 saturated heterocycles. The molecule has 116 valence electrons. The molecule has 1 aromatic rings. The van der Waals surface area contributed by atoms with Gasteiger partial charge in [0.25, 0.3) is 5.91 Å². The SMILES string of the molecule is C=CC(=O)N1CCO[C@@H](C(=O)Nc2ccccc2C2CC2)C1. The van der Waals surface area contributed by atoms with Gasteiger partial charge in [0, 0.05) is 12.2 Å². The Labute approximate surface area is 129 Å². The number of hydrogen-bond acceptors (Lipinski definition) is 3. The summed E-state index contributed by atoms with van der Waals surface area (Å²) in [5.41, 5.74) is 2.04. The number of hydrogen-bond donors (Lipinski definition) is 1. The van der Waals surface area contributed by atoms with Crippen molar-refractivity contribution in [3.63, 3.8) is 0 Å². The van der Waals surface area contributed by atoms with Gasteiger partial charge < -0.3 is 15.0 Å². The normalized spacial score (nSPS) is 21.3. The number of amides is 2. The lowest BCUT2D eigenvalue weighted by Gasteiger charge is -2.31. The van der Waals surface area contributed by atoms with Gasteiger partial charge in [-0.15, -0.1) is 0 Å². The zero-order chi connectivity index (χ0) is 15.5. The van der Waals surface area contributed by atoms with Crippen LogP contribution in [0, 0.1) is 0 Å². The summed E-state index contributed by atoms with van der Waals surface area (Å²) < 4.78 is 5.51. The largest absolute Gasteiger partial charge is 0.365 e. The van der Waals surface area contributed by atoms with E-state index in [1.54, 1.807) is 4.90 Å². The van der Waals surface area contributed by atoms with Gasteiger partial charge in [-0.05, 0) is 36.5 Å². The lowest BCUT2D eigenvalue weighted by Crippen LogP contribution is -2.49. The van der Waals surface area contributed by atoms with Crippen molar-refractivity contribution in [3.05, 3.63) is 42.5 Å². The molecule has 2 aliphatic rings. The Kier molecular flexibility index (Phi) is 4.24. The molecule has 1 atom stereocenters. The minimum absolute atomic E-state index is 0.167. The number of nitrogens with one attached hydrogen (secondary N) is 1. The standard InChI is InChI=1S/C17H20N2O3/c1-2-16(20)19-9-10-22-15(11-19)17(21)18-14-6-4-3-5-13(14)12-7-8-12/h2-6,12,15H,1,7-11H2,(H,18,21)/t15-/m1/s1. The summed E-state index contributed by atoms with van der Waals surface area (Å²) in [6.07, 6.45) is 2.98. The highest BCUT2D eigenvalue weighted by molar-refractivity contribution is 5.96. The van der Waals surface area contributed by atoms with Crippen molar-refractivity contribution in [1.82, 2.24) is 4.90 Å². The predicted molar refractivity (Wildman–Crippen MR) is 83.6 cm³/mol. The number of morpholine rings is 1. The molecule has 1 heterocycles. The van der Waals surface area contributed by atoms with Gasteiger partial charge in [-0.3, -0.25) is 9.59 Å². The number of ether oxygens (including phenoxy) is 1. The van der Waals surface area contributed by atoms with E-state index >= 15 is 0 Å². The molecule has 0 spiro atoms. The Morgan fingerprint density at radius 3 is 2.82 bits per heavy atom. The summed E-state index contributed by atoms with van der Waals surface area (Å²) in [5, 5.41) is 2.95. The number of para-hydroxylation sites is 1. The molecule has 3 rings (SSSR count). The number of rotatable bonds is 4. The zero-order valence-electron chi connectivity index (χ0n) is 12.5. The van der Waals surface area contributed by atoms with Crippen LogP contribution in [-0.2, 0) is 14.3 Å². The average Bonchev–Trinajstić information content (AvgIpc) is 3.39. The van der Waals surface area contributed by atoms with Crippen molar-refractivity contribution in [3.8, 4) is 0 Å². The van der Waals surface area contributed by atoms with E-state index in [4.69, 9.17) is 4.74 Å². The van der Waals surface area contributed by atoms with Gasteiger partial charge in [0.15, 0.2) is 6.10 Å². The number of nitrogens with zero attached hydrogens (tertiary/aromatic N) is 1. The summed E-state index contributed by atoms with van der Waals surface area (Å²) in [7, 11) is 0. The molecule has 5 heteroatoms. The van der Waals surface area contributed by atoms with Gasteiger partial charge in [0.1, 0.15) is 0 Å². The molecule has 1 N–H and O–H groups in total. The summed E-state index contributed by atoms with van der Waals surface area (Å²) >= 11 is 0. The van der Waals surface area contributed by atoms with E-state index in [1.807, 2.05) is 18.2 Å². The van der Waals surface area contributed by atoms with Gasteiger partial charge in [0.05, 0.1) is 13.2 Å². The Morgan fingerprint density at radius 2 is 2.09 bits per heavy atom. The van der Waals surface area contributed by atoms with E-state index in [1.165, 1.54) is 24.5 Å². The molecule has 1 saturated carbocycles. The second kappa shape index (κ2) is 6.32. The van der Waals surface area contributed by atoms with Gasteiger partial charge in [-0.25, -0.2) is 0 Å². The van der Waals surface area contributed by atoms with Crippen LogP contribution in [0.5, 0.6) is 0 Å². The molecule has 0 bridgehead atoms. The minimum atomic E-state index is -0.634. The molecule has 2 amide bonds. The monoisotopic (exact) mass is 300 g/mol. The second-order valence-corrected chi connectivity index (χ2v) is 5.70. The Balaban J connectivity index is 1.67. The second-order valence-electron chi connectivity index (χ2n) is 5.70. The quantitative estimate of drug-likeness (QED) is 0.864. The lowest BCUT2D eigenvalue weighted by molar-refractivity contribution is -0.141. The molecule has 22 heavy (non-hydrogen) atoms. The molecule has 0 aromatic heterocycles. The first-order valence-corrected chi connectivity index (χ1v) is 7.62. The third-order valence-corrected chi connectivity index (χ3v) is 4.08. The zero-order valence-corrected chi connectivity index (χ0v) is 12.5.